The molecule has 0 atom stereocenters. The zero-order chi connectivity index (χ0) is 24.6. The molecule has 0 radical (unpaired) electrons. The van der Waals surface area contributed by atoms with Gasteiger partial charge in [-0.05, 0) is 29.3 Å². The molecular formula is C33H21N3O. The summed E-state index contributed by atoms with van der Waals surface area (Å²) in [6.07, 6.45) is 0. The van der Waals surface area contributed by atoms with Crippen LogP contribution < -0.4 is 0 Å². The van der Waals surface area contributed by atoms with E-state index in [1.807, 2.05) is 91.0 Å². The number of para-hydroxylation sites is 2. The quantitative estimate of drug-likeness (QED) is 0.256. The zero-order valence-corrected chi connectivity index (χ0v) is 19.9. The fourth-order valence-corrected chi connectivity index (χ4v) is 4.73. The smallest absolute Gasteiger partial charge is 0.167 e. The van der Waals surface area contributed by atoms with Crippen LogP contribution in [0.15, 0.2) is 132 Å². The van der Waals surface area contributed by atoms with E-state index in [1.165, 1.54) is 0 Å². The molecule has 37 heavy (non-hydrogen) atoms. The molecule has 0 aliphatic heterocycles. The SMILES string of the molecule is c1ccc(-c2cccc(-c3nc(-c4ccccc4)nc(-c4cccc5c4oc4ccccc45)n3)c2)cc1. The van der Waals surface area contributed by atoms with Crippen molar-refractivity contribution in [2.24, 2.45) is 0 Å². The Balaban J connectivity index is 1.45. The van der Waals surface area contributed by atoms with Crippen LogP contribution in [0.25, 0.3) is 67.2 Å². The van der Waals surface area contributed by atoms with E-state index in [0.717, 1.165) is 49.8 Å². The van der Waals surface area contributed by atoms with Gasteiger partial charge >= 0.3 is 0 Å². The lowest BCUT2D eigenvalue weighted by molar-refractivity contribution is 0.669. The van der Waals surface area contributed by atoms with Crippen LogP contribution >= 0.6 is 0 Å². The predicted molar refractivity (Wildman–Crippen MR) is 149 cm³/mol. The lowest BCUT2D eigenvalue weighted by Gasteiger charge is -2.10. The Hall–Kier alpha value is -5.09. The number of rotatable bonds is 4. The Morgan fingerprint density at radius 1 is 0.405 bits per heavy atom. The van der Waals surface area contributed by atoms with E-state index in [2.05, 4.69) is 36.4 Å². The zero-order valence-electron chi connectivity index (χ0n) is 19.9. The average Bonchev–Trinajstić information content (AvgIpc) is 3.37. The Morgan fingerprint density at radius 3 is 1.78 bits per heavy atom. The van der Waals surface area contributed by atoms with E-state index in [1.54, 1.807) is 0 Å². The molecule has 0 N–H and O–H groups in total. The van der Waals surface area contributed by atoms with Crippen molar-refractivity contribution in [3.8, 4) is 45.3 Å². The van der Waals surface area contributed by atoms with E-state index < -0.39 is 0 Å². The molecule has 5 aromatic carbocycles. The van der Waals surface area contributed by atoms with Crippen molar-refractivity contribution in [1.82, 2.24) is 15.0 Å². The minimum atomic E-state index is 0.582. The van der Waals surface area contributed by atoms with Crippen molar-refractivity contribution in [3.05, 3.63) is 127 Å². The summed E-state index contributed by atoms with van der Waals surface area (Å²) in [5.74, 6) is 1.83. The molecule has 0 unspecified atom stereocenters. The highest BCUT2D eigenvalue weighted by atomic mass is 16.3. The maximum Gasteiger partial charge on any atom is 0.167 e. The van der Waals surface area contributed by atoms with Gasteiger partial charge in [0.2, 0.25) is 0 Å². The van der Waals surface area contributed by atoms with Gasteiger partial charge in [0.05, 0.1) is 5.56 Å². The molecular weight excluding hydrogens is 454 g/mol. The van der Waals surface area contributed by atoms with Crippen LogP contribution in [-0.4, -0.2) is 15.0 Å². The van der Waals surface area contributed by atoms with Crippen LogP contribution in [0.2, 0.25) is 0 Å². The first-order chi connectivity index (χ1) is 18.3. The summed E-state index contributed by atoms with van der Waals surface area (Å²) in [6, 6.07) is 42.9. The molecule has 7 aromatic rings. The van der Waals surface area contributed by atoms with Crippen molar-refractivity contribution >= 4 is 21.9 Å². The van der Waals surface area contributed by atoms with E-state index >= 15 is 0 Å². The van der Waals surface area contributed by atoms with Gasteiger partial charge in [-0.15, -0.1) is 0 Å². The van der Waals surface area contributed by atoms with Crippen LogP contribution in [0.5, 0.6) is 0 Å². The first kappa shape index (κ1) is 21.2. The van der Waals surface area contributed by atoms with Gasteiger partial charge in [-0.25, -0.2) is 15.0 Å². The minimum absolute atomic E-state index is 0.582. The minimum Gasteiger partial charge on any atom is -0.455 e. The molecule has 0 bridgehead atoms. The standard InChI is InChI=1S/C33H21N3O/c1-3-11-22(12-4-1)24-15-9-16-25(21-24)32-34-31(23-13-5-2-6-14-23)35-33(36-32)28-19-10-18-27-26-17-7-8-20-29(26)37-30(27)28/h1-21H. The molecule has 0 aliphatic carbocycles. The summed E-state index contributed by atoms with van der Waals surface area (Å²) in [6.45, 7) is 0. The van der Waals surface area contributed by atoms with Crippen molar-refractivity contribution in [2.45, 2.75) is 0 Å². The Bertz CT molecular complexity index is 1880. The first-order valence-corrected chi connectivity index (χ1v) is 12.2. The maximum atomic E-state index is 6.31. The summed E-state index contributed by atoms with van der Waals surface area (Å²) in [7, 11) is 0. The maximum absolute atomic E-state index is 6.31. The second-order valence-corrected chi connectivity index (χ2v) is 8.90. The Labute approximate surface area is 213 Å². The van der Waals surface area contributed by atoms with Gasteiger partial charge < -0.3 is 4.42 Å². The average molecular weight is 476 g/mol. The molecule has 2 aromatic heterocycles. The summed E-state index contributed by atoms with van der Waals surface area (Å²) >= 11 is 0. The highest BCUT2D eigenvalue weighted by Gasteiger charge is 2.17. The third kappa shape index (κ3) is 3.85. The molecule has 2 heterocycles. The van der Waals surface area contributed by atoms with Crippen LogP contribution in [0, 0.1) is 0 Å². The van der Waals surface area contributed by atoms with Gasteiger partial charge in [-0.3, -0.25) is 0 Å². The molecule has 174 valence electrons. The lowest BCUT2D eigenvalue weighted by Crippen LogP contribution is -2.00. The number of hydrogen-bond acceptors (Lipinski definition) is 4. The normalized spacial score (nSPS) is 11.2. The summed E-state index contributed by atoms with van der Waals surface area (Å²) in [5, 5.41) is 2.12. The van der Waals surface area contributed by atoms with E-state index in [0.29, 0.717) is 17.5 Å². The van der Waals surface area contributed by atoms with Gasteiger partial charge in [0.25, 0.3) is 0 Å². The first-order valence-electron chi connectivity index (χ1n) is 12.2. The number of aromatic nitrogens is 3. The molecule has 0 saturated carbocycles. The Morgan fingerprint density at radius 2 is 0.973 bits per heavy atom. The van der Waals surface area contributed by atoms with Gasteiger partial charge in [-0.1, -0.05) is 109 Å². The molecule has 0 fully saturated rings. The van der Waals surface area contributed by atoms with Crippen LogP contribution in [0.3, 0.4) is 0 Å². The van der Waals surface area contributed by atoms with Crippen LogP contribution in [0.1, 0.15) is 0 Å². The van der Waals surface area contributed by atoms with E-state index in [4.69, 9.17) is 19.4 Å². The van der Waals surface area contributed by atoms with Gasteiger partial charge in [0, 0.05) is 21.9 Å². The summed E-state index contributed by atoms with van der Waals surface area (Å²) < 4.78 is 6.31. The van der Waals surface area contributed by atoms with E-state index in [9.17, 15) is 0 Å². The van der Waals surface area contributed by atoms with Gasteiger partial charge in [-0.2, -0.15) is 0 Å². The fraction of sp³-hybridized carbons (Fsp3) is 0. The van der Waals surface area contributed by atoms with E-state index in [-0.39, 0.29) is 0 Å². The molecule has 0 spiro atoms. The second-order valence-electron chi connectivity index (χ2n) is 8.90. The topological polar surface area (TPSA) is 51.8 Å². The highest BCUT2D eigenvalue weighted by molar-refractivity contribution is 6.09. The lowest BCUT2D eigenvalue weighted by atomic mass is 10.0. The fourth-order valence-electron chi connectivity index (χ4n) is 4.73. The van der Waals surface area contributed by atoms with Crippen LogP contribution in [0.4, 0.5) is 0 Å². The number of fused-ring (bicyclic) bond motifs is 3. The number of hydrogen-bond donors (Lipinski definition) is 0. The molecule has 0 saturated heterocycles. The van der Waals surface area contributed by atoms with Gasteiger partial charge in [0.1, 0.15) is 11.2 Å². The molecule has 0 aliphatic rings. The van der Waals surface area contributed by atoms with Crippen LogP contribution in [-0.2, 0) is 0 Å². The molecule has 4 heteroatoms. The van der Waals surface area contributed by atoms with Crippen molar-refractivity contribution in [1.29, 1.82) is 0 Å². The molecule has 7 rings (SSSR count). The van der Waals surface area contributed by atoms with Gasteiger partial charge in [0.15, 0.2) is 17.5 Å². The third-order valence-corrected chi connectivity index (χ3v) is 6.54. The third-order valence-electron chi connectivity index (χ3n) is 6.54. The second kappa shape index (κ2) is 8.85. The Kier molecular flexibility index (Phi) is 5.07. The summed E-state index contributed by atoms with van der Waals surface area (Å²) in [4.78, 5) is 14.8. The highest BCUT2D eigenvalue weighted by Crippen LogP contribution is 2.35. The molecule has 4 nitrogen and oxygen atoms in total. The molecule has 0 amide bonds. The number of nitrogens with zero attached hydrogens (tertiary/aromatic N) is 3. The number of furan rings is 1. The number of benzene rings is 5. The summed E-state index contributed by atoms with van der Waals surface area (Å²) in [5.41, 5.74) is 6.58. The van der Waals surface area contributed by atoms with Crippen molar-refractivity contribution in [3.63, 3.8) is 0 Å². The largest absolute Gasteiger partial charge is 0.455 e. The predicted octanol–water partition coefficient (Wildman–Crippen LogP) is 8.44. The van der Waals surface area contributed by atoms with Crippen molar-refractivity contribution in [2.75, 3.05) is 0 Å². The van der Waals surface area contributed by atoms with Crippen molar-refractivity contribution < 1.29 is 4.42 Å². The monoisotopic (exact) mass is 475 g/mol.